The van der Waals surface area contributed by atoms with Gasteiger partial charge in [-0.3, -0.25) is 9.59 Å². The van der Waals surface area contributed by atoms with E-state index in [0.29, 0.717) is 21.9 Å². The number of hydrogen-bond donors (Lipinski definition) is 1. The second kappa shape index (κ2) is 10.9. The molecule has 1 saturated heterocycles. The topological polar surface area (TPSA) is 84.9 Å². The molecule has 1 aromatic carbocycles. The van der Waals surface area contributed by atoms with Crippen molar-refractivity contribution in [2.75, 3.05) is 31.6 Å². The normalized spacial score (nSPS) is 13.9. The van der Waals surface area contributed by atoms with Gasteiger partial charge in [-0.05, 0) is 44.9 Å². The number of para-hydroxylation sites is 1. The van der Waals surface area contributed by atoms with Gasteiger partial charge in [0.1, 0.15) is 10.8 Å². The van der Waals surface area contributed by atoms with Crippen LogP contribution in [0.1, 0.15) is 58.2 Å². The molecular formula is C23H28N2O5S. The van der Waals surface area contributed by atoms with E-state index in [4.69, 9.17) is 9.47 Å². The Hall–Kier alpha value is -2.87. The molecule has 0 spiro atoms. The van der Waals surface area contributed by atoms with Crippen molar-refractivity contribution in [3.8, 4) is 5.75 Å². The first-order chi connectivity index (χ1) is 15.0. The smallest absolute Gasteiger partial charge is 0.341 e. The molecule has 31 heavy (non-hydrogen) atoms. The molecule has 166 valence electrons. The minimum Gasteiger partial charge on any atom is -0.483 e. The van der Waals surface area contributed by atoms with Crippen LogP contribution in [0.4, 0.5) is 5.00 Å². The number of hydrogen-bond acceptors (Lipinski definition) is 6. The number of esters is 1. The van der Waals surface area contributed by atoms with Crippen LogP contribution in [0, 0.1) is 6.92 Å². The molecule has 7 nitrogen and oxygen atoms in total. The quantitative estimate of drug-likeness (QED) is 0.645. The molecule has 1 N–H and O–H groups in total. The summed E-state index contributed by atoms with van der Waals surface area (Å²) in [6.07, 6.45) is 4.30. The van der Waals surface area contributed by atoms with E-state index in [9.17, 15) is 14.4 Å². The number of thiophene rings is 1. The Kier molecular flexibility index (Phi) is 8.06. The van der Waals surface area contributed by atoms with Crippen LogP contribution in [0.15, 0.2) is 30.3 Å². The number of nitrogens with zero attached hydrogens (tertiary/aromatic N) is 1. The fraction of sp³-hybridized carbons (Fsp3) is 0.435. The van der Waals surface area contributed by atoms with Crippen LogP contribution in [0.5, 0.6) is 5.75 Å². The van der Waals surface area contributed by atoms with E-state index in [-0.39, 0.29) is 19.1 Å². The van der Waals surface area contributed by atoms with Gasteiger partial charge in [0.2, 0.25) is 0 Å². The lowest BCUT2D eigenvalue weighted by molar-refractivity contribution is -0.133. The number of amides is 2. The first kappa shape index (κ1) is 22.8. The Morgan fingerprint density at radius 2 is 1.77 bits per heavy atom. The minimum absolute atomic E-state index is 0.0735. The molecule has 2 aromatic rings. The number of likely N-dealkylation sites (tertiary alicyclic amines) is 1. The number of anilines is 1. The van der Waals surface area contributed by atoms with Crippen molar-refractivity contribution in [3.05, 3.63) is 46.3 Å². The van der Waals surface area contributed by atoms with Crippen molar-refractivity contribution in [2.24, 2.45) is 0 Å². The molecule has 8 heteroatoms. The highest BCUT2D eigenvalue weighted by Crippen LogP contribution is 2.30. The van der Waals surface area contributed by atoms with Crippen LogP contribution < -0.4 is 10.1 Å². The summed E-state index contributed by atoms with van der Waals surface area (Å²) in [6.45, 7) is 5.22. The van der Waals surface area contributed by atoms with E-state index in [1.54, 1.807) is 37.3 Å². The van der Waals surface area contributed by atoms with E-state index >= 15 is 0 Å². The Morgan fingerprint density at radius 3 is 2.48 bits per heavy atom. The molecule has 0 saturated carbocycles. The minimum atomic E-state index is -0.477. The highest BCUT2D eigenvalue weighted by molar-refractivity contribution is 7.16. The average molecular weight is 445 g/mol. The largest absolute Gasteiger partial charge is 0.483 e. The molecule has 3 rings (SSSR count). The number of benzene rings is 1. The van der Waals surface area contributed by atoms with Crippen molar-refractivity contribution in [1.82, 2.24) is 4.90 Å². The molecule has 0 bridgehead atoms. The Labute approximate surface area is 186 Å². The van der Waals surface area contributed by atoms with Crippen molar-refractivity contribution in [1.29, 1.82) is 0 Å². The molecule has 0 atom stereocenters. The van der Waals surface area contributed by atoms with Gasteiger partial charge < -0.3 is 19.7 Å². The summed E-state index contributed by atoms with van der Waals surface area (Å²) in [6, 6.07) is 8.47. The number of carbonyl (C=O) groups excluding carboxylic acids is 3. The second-order valence-corrected chi connectivity index (χ2v) is 8.61. The van der Waals surface area contributed by atoms with Gasteiger partial charge in [-0.25, -0.2) is 4.79 Å². The van der Waals surface area contributed by atoms with Gasteiger partial charge in [-0.1, -0.05) is 25.0 Å². The van der Waals surface area contributed by atoms with Crippen molar-refractivity contribution in [2.45, 2.75) is 39.5 Å². The first-order valence-corrected chi connectivity index (χ1v) is 11.4. The lowest BCUT2D eigenvalue weighted by Crippen LogP contribution is -2.35. The zero-order valence-corrected chi connectivity index (χ0v) is 18.8. The first-order valence-electron chi connectivity index (χ1n) is 10.6. The van der Waals surface area contributed by atoms with Crippen molar-refractivity contribution in [3.63, 3.8) is 0 Å². The Bertz CT molecular complexity index is 932. The van der Waals surface area contributed by atoms with Crippen LogP contribution in [0.3, 0.4) is 0 Å². The SMILES string of the molecule is CCOC(=O)c1cc(C)sc1NC(=O)c1ccccc1OCC(=O)N1CCCCCC1. The fourth-order valence-corrected chi connectivity index (χ4v) is 4.36. The molecule has 1 fully saturated rings. The third-order valence-electron chi connectivity index (χ3n) is 5.02. The van der Waals surface area contributed by atoms with Crippen LogP contribution in [-0.4, -0.2) is 49.0 Å². The van der Waals surface area contributed by atoms with Crippen molar-refractivity contribution < 1.29 is 23.9 Å². The molecule has 1 aromatic heterocycles. The monoisotopic (exact) mass is 444 g/mol. The van der Waals surface area contributed by atoms with E-state index in [1.807, 2.05) is 11.8 Å². The zero-order valence-electron chi connectivity index (χ0n) is 17.9. The van der Waals surface area contributed by atoms with Crippen LogP contribution in [0.2, 0.25) is 0 Å². The van der Waals surface area contributed by atoms with Gasteiger partial charge in [-0.2, -0.15) is 0 Å². The van der Waals surface area contributed by atoms with Gasteiger partial charge >= 0.3 is 5.97 Å². The van der Waals surface area contributed by atoms with Crippen LogP contribution >= 0.6 is 11.3 Å². The summed E-state index contributed by atoms with van der Waals surface area (Å²) in [5, 5.41) is 3.22. The fourth-order valence-electron chi connectivity index (χ4n) is 3.47. The van der Waals surface area contributed by atoms with E-state index in [0.717, 1.165) is 43.6 Å². The van der Waals surface area contributed by atoms with Crippen molar-refractivity contribution >= 4 is 34.1 Å². The van der Waals surface area contributed by atoms with Gasteiger partial charge in [0.25, 0.3) is 11.8 Å². The lowest BCUT2D eigenvalue weighted by Gasteiger charge is -2.20. The lowest BCUT2D eigenvalue weighted by atomic mass is 10.2. The maximum Gasteiger partial charge on any atom is 0.341 e. The van der Waals surface area contributed by atoms with Crippen LogP contribution in [-0.2, 0) is 9.53 Å². The van der Waals surface area contributed by atoms with Gasteiger partial charge in [0, 0.05) is 18.0 Å². The summed E-state index contributed by atoms with van der Waals surface area (Å²) in [4.78, 5) is 40.4. The van der Waals surface area contributed by atoms with Crippen LogP contribution in [0.25, 0.3) is 0 Å². The highest BCUT2D eigenvalue weighted by Gasteiger charge is 2.21. The Morgan fingerprint density at radius 1 is 1.06 bits per heavy atom. The molecule has 1 aliphatic heterocycles. The third kappa shape index (κ3) is 6.07. The summed E-state index contributed by atoms with van der Waals surface area (Å²) >= 11 is 1.30. The number of nitrogens with one attached hydrogen (secondary N) is 1. The maximum atomic E-state index is 12.9. The maximum absolute atomic E-state index is 12.9. The molecule has 1 aliphatic rings. The van der Waals surface area contributed by atoms with Gasteiger partial charge in [0.15, 0.2) is 6.61 Å². The average Bonchev–Trinajstić information content (AvgIpc) is 2.95. The Balaban J connectivity index is 1.69. The standard InChI is InChI=1S/C23H28N2O5S/c1-3-29-23(28)18-14-16(2)31-22(18)24-21(27)17-10-6-7-11-19(17)30-15-20(26)25-12-8-4-5-9-13-25/h6-7,10-11,14H,3-5,8-9,12-13,15H2,1-2H3,(H,24,27). The third-order valence-corrected chi connectivity index (χ3v) is 5.99. The zero-order chi connectivity index (χ0) is 22.2. The highest BCUT2D eigenvalue weighted by atomic mass is 32.1. The molecule has 2 heterocycles. The van der Waals surface area contributed by atoms with E-state index < -0.39 is 11.9 Å². The summed E-state index contributed by atoms with van der Waals surface area (Å²) in [5.41, 5.74) is 0.625. The molecule has 0 aliphatic carbocycles. The number of ether oxygens (including phenoxy) is 2. The summed E-state index contributed by atoms with van der Waals surface area (Å²) in [7, 11) is 0. The predicted octanol–water partition coefficient (Wildman–Crippen LogP) is 4.27. The molecule has 2 amide bonds. The number of carbonyl (C=O) groups is 3. The van der Waals surface area contributed by atoms with E-state index in [1.165, 1.54) is 11.3 Å². The van der Waals surface area contributed by atoms with E-state index in [2.05, 4.69) is 5.32 Å². The van der Waals surface area contributed by atoms with Gasteiger partial charge in [0.05, 0.1) is 17.7 Å². The summed E-state index contributed by atoms with van der Waals surface area (Å²) < 4.78 is 10.8. The second-order valence-electron chi connectivity index (χ2n) is 7.35. The predicted molar refractivity (Wildman–Crippen MR) is 120 cm³/mol. The molecular weight excluding hydrogens is 416 g/mol. The number of rotatable bonds is 7. The molecule has 0 radical (unpaired) electrons. The molecule has 0 unspecified atom stereocenters. The summed E-state index contributed by atoms with van der Waals surface area (Å²) in [5.74, 6) is -0.635. The van der Waals surface area contributed by atoms with Gasteiger partial charge in [-0.15, -0.1) is 11.3 Å². The number of aryl methyl sites for hydroxylation is 1.